The van der Waals surface area contributed by atoms with Crippen LogP contribution in [-0.2, 0) is 4.79 Å². The maximum absolute atomic E-state index is 9.60. The Morgan fingerprint density at radius 3 is 1.14 bits per heavy atom. The van der Waals surface area contributed by atoms with Crippen LogP contribution in [0.1, 0.15) is 80.1 Å². The Hall–Kier alpha value is -0.610. The van der Waals surface area contributed by atoms with Gasteiger partial charge in [-0.3, -0.25) is 4.79 Å². The second-order valence-electron chi connectivity index (χ2n) is 4.47. The van der Waals surface area contributed by atoms with Gasteiger partial charge in [-0.15, -0.1) is 0 Å². The summed E-state index contributed by atoms with van der Waals surface area (Å²) >= 11 is 0. The summed E-state index contributed by atoms with van der Waals surface area (Å²) in [4.78, 5) is 12.0. The first-order valence-corrected chi connectivity index (χ1v) is 8.42. The lowest BCUT2D eigenvalue weighted by Crippen LogP contribution is -2.21. The summed E-state index contributed by atoms with van der Waals surface area (Å²) < 4.78 is 0. The third-order valence-electron chi connectivity index (χ3n) is 2.76. The fourth-order valence-corrected chi connectivity index (χ4v) is 1.38. The van der Waals surface area contributed by atoms with E-state index in [-0.39, 0.29) is 0 Å². The largest absolute Gasteiger partial charge is 0.481 e. The first-order valence-electron chi connectivity index (χ1n) is 8.42. The van der Waals surface area contributed by atoms with Crippen LogP contribution in [0.2, 0.25) is 0 Å². The maximum Gasteiger partial charge on any atom is 0.303 e. The van der Waals surface area contributed by atoms with Crippen LogP contribution in [0.3, 0.4) is 0 Å². The molecule has 21 heavy (non-hydrogen) atoms. The molecule has 0 rings (SSSR count). The molecule has 0 unspecified atom stereocenters. The van der Waals surface area contributed by atoms with E-state index in [1.54, 1.807) is 0 Å². The van der Waals surface area contributed by atoms with Gasteiger partial charge < -0.3 is 15.1 Å². The molecule has 0 bridgehead atoms. The van der Waals surface area contributed by atoms with Crippen molar-refractivity contribution >= 4 is 5.97 Å². The van der Waals surface area contributed by atoms with Crippen LogP contribution in [0.4, 0.5) is 0 Å². The molecule has 0 aromatic heterocycles. The van der Waals surface area contributed by atoms with Crippen molar-refractivity contribution in [2.75, 3.05) is 26.7 Å². The molecule has 0 saturated carbocycles. The minimum absolute atomic E-state index is 0.292. The van der Waals surface area contributed by atoms with Crippen molar-refractivity contribution in [2.24, 2.45) is 0 Å². The number of aliphatic hydroxyl groups excluding tert-OH is 1. The first kappa shape index (κ1) is 28.5. The first-order chi connectivity index (χ1) is 10.0. The summed E-state index contributed by atoms with van der Waals surface area (Å²) in [6, 6.07) is 0. The molecule has 0 aromatic rings. The van der Waals surface area contributed by atoms with Gasteiger partial charge in [-0.2, -0.15) is 0 Å². The average Bonchev–Trinajstić information content (AvgIpc) is 2.50. The highest BCUT2D eigenvalue weighted by molar-refractivity contribution is 5.66. The van der Waals surface area contributed by atoms with E-state index in [0.29, 0.717) is 6.42 Å². The molecule has 0 amide bonds. The van der Waals surface area contributed by atoms with Gasteiger partial charge in [0, 0.05) is 13.5 Å². The summed E-state index contributed by atoms with van der Waals surface area (Å²) in [5, 5.41) is 14.9. The van der Waals surface area contributed by atoms with Gasteiger partial charge in [0.1, 0.15) is 0 Å². The van der Waals surface area contributed by atoms with Gasteiger partial charge in [0.05, 0.1) is 0 Å². The number of rotatable bonds is 8. The van der Waals surface area contributed by atoms with E-state index in [1.165, 1.54) is 45.3 Å². The van der Waals surface area contributed by atoms with E-state index in [9.17, 15) is 4.79 Å². The van der Waals surface area contributed by atoms with Gasteiger partial charge in [-0.25, -0.2) is 0 Å². The van der Waals surface area contributed by atoms with E-state index >= 15 is 0 Å². The molecule has 2 N–H and O–H groups in total. The molecule has 4 nitrogen and oxygen atoms in total. The number of unbranched alkanes of at least 4 members (excludes halogenated alkanes) is 3. The number of carbonyl (C=O) groups is 1. The number of nitrogens with zero attached hydrogens (tertiary/aromatic N) is 1. The zero-order valence-electron chi connectivity index (χ0n) is 15.6. The van der Waals surface area contributed by atoms with Crippen LogP contribution < -0.4 is 0 Å². The fraction of sp³-hybridized carbons (Fsp3) is 0.941. The predicted octanol–water partition coefficient (Wildman–Crippen LogP) is 4.41. The Morgan fingerprint density at radius 2 is 1.10 bits per heavy atom. The number of carboxylic acid groups (broad SMARTS) is 1. The number of aliphatic hydroxyl groups is 1. The number of carboxylic acids is 1. The highest BCUT2D eigenvalue weighted by Crippen LogP contribution is 1.95. The Labute approximate surface area is 133 Å². The Kier molecular flexibility index (Phi) is 43.0. The summed E-state index contributed by atoms with van der Waals surface area (Å²) in [5.74, 6) is -0.711. The van der Waals surface area contributed by atoms with E-state index in [0.717, 1.165) is 13.5 Å². The van der Waals surface area contributed by atoms with Crippen molar-refractivity contribution in [3.8, 4) is 0 Å². The van der Waals surface area contributed by atoms with E-state index < -0.39 is 5.97 Å². The molecule has 0 spiro atoms. The van der Waals surface area contributed by atoms with Crippen molar-refractivity contribution in [1.29, 1.82) is 0 Å². The molecule has 0 atom stereocenters. The summed E-state index contributed by atoms with van der Waals surface area (Å²) in [7, 11) is 1.00. The van der Waals surface area contributed by atoms with Crippen molar-refractivity contribution in [3.63, 3.8) is 0 Å². The van der Waals surface area contributed by atoms with Crippen LogP contribution in [0, 0.1) is 0 Å². The molecule has 0 aliphatic heterocycles. The lowest BCUT2D eigenvalue weighted by molar-refractivity contribution is -0.137. The molecule has 132 valence electrons. The average molecular weight is 308 g/mol. The van der Waals surface area contributed by atoms with E-state index in [4.69, 9.17) is 10.2 Å². The van der Waals surface area contributed by atoms with E-state index in [1.807, 2.05) is 6.92 Å². The molecule has 0 aliphatic rings. The van der Waals surface area contributed by atoms with Crippen LogP contribution in [0.5, 0.6) is 0 Å². The summed E-state index contributed by atoms with van der Waals surface area (Å²) in [6.07, 6.45) is 6.56. The highest BCUT2D eigenvalue weighted by Gasteiger charge is 1.89. The van der Waals surface area contributed by atoms with Gasteiger partial charge in [-0.05, 0) is 26.1 Å². The topological polar surface area (TPSA) is 60.8 Å². The monoisotopic (exact) mass is 307 g/mol. The lowest BCUT2D eigenvalue weighted by Gasteiger charge is -2.13. The zero-order chi connectivity index (χ0) is 17.5. The summed E-state index contributed by atoms with van der Waals surface area (Å²) in [6.45, 7) is 16.4. The van der Waals surface area contributed by atoms with Crippen LogP contribution in [0.15, 0.2) is 0 Å². The highest BCUT2D eigenvalue weighted by atomic mass is 16.4. The van der Waals surface area contributed by atoms with Crippen molar-refractivity contribution in [3.05, 3.63) is 0 Å². The second kappa shape index (κ2) is 31.7. The van der Waals surface area contributed by atoms with Crippen LogP contribution >= 0.6 is 0 Å². The van der Waals surface area contributed by atoms with Gasteiger partial charge in [0.25, 0.3) is 0 Å². The van der Waals surface area contributed by atoms with Crippen molar-refractivity contribution in [2.45, 2.75) is 80.1 Å². The maximum atomic E-state index is 9.60. The molecule has 4 heteroatoms. The smallest absolute Gasteiger partial charge is 0.303 e. The molecular formula is C17H41NO3. The normalized spacial score (nSPS) is 8.62. The SMILES string of the molecule is CCCC(=O)O.CCCCCC.CCN(CC)CC.CO. The summed E-state index contributed by atoms with van der Waals surface area (Å²) in [5.41, 5.74) is 0. The van der Waals surface area contributed by atoms with Crippen molar-refractivity contribution < 1.29 is 15.0 Å². The Bertz CT molecular complexity index is 151. The fourth-order valence-electron chi connectivity index (χ4n) is 1.38. The molecule has 0 heterocycles. The second-order valence-corrected chi connectivity index (χ2v) is 4.47. The predicted molar refractivity (Wildman–Crippen MR) is 94.0 cm³/mol. The van der Waals surface area contributed by atoms with Gasteiger partial charge in [0.15, 0.2) is 0 Å². The minimum atomic E-state index is -0.711. The van der Waals surface area contributed by atoms with Crippen LogP contribution in [-0.4, -0.2) is 47.8 Å². The van der Waals surface area contributed by atoms with Gasteiger partial charge >= 0.3 is 5.97 Å². The standard InChI is InChI=1S/C6H15N.C6H14.C4H8O2.CH4O/c1-4-7(5-2)6-3;1-3-5-6-4-2;1-2-3-4(5)6;1-2/h4-6H2,1-3H3;3-6H2,1-2H3;2-3H2,1H3,(H,5,6);2H,1H3. The zero-order valence-corrected chi connectivity index (χ0v) is 15.6. The minimum Gasteiger partial charge on any atom is -0.481 e. The van der Waals surface area contributed by atoms with Crippen LogP contribution in [0.25, 0.3) is 0 Å². The van der Waals surface area contributed by atoms with Gasteiger partial charge in [-0.1, -0.05) is 67.2 Å². The molecular weight excluding hydrogens is 266 g/mol. The number of aliphatic carboxylic acids is 1. The van der Waals surface area contributed by atoms with Gasteiger partial charge in [0.2, 0.25) is 0 Å². The molecule has 0 radical (unpaired) electrons. The van der Waals surface area contributed by atoms with Crippen molar-refractivity contribution in [1.82, 2.24) is 4.90 Å². The lowest BCUT2D eigenvalue weighted by atomic mass is 10.2. The Morgan fingerprint density at radius 1 is 0.762 bits per heavy atom. The Balaban J connectivity index is -0.0000000976. The third-order valence-corrected chi connectivity index (χ3v) is 2.76. The quantitative estimate of drug-likeness (QED) is 0.652. The van der Waals surface area contributed by atoms with E-state index in [2.05, 4.69) is 39.5 Å². The molecule has 0 aromatic carbocycles. The third kappa shape index (κ3) is 45.2. The molecule has 0 aliphatic carbocycles. The number of hydrogen-bond donors (Lipinski definition) is 2. The number of hydrogen-bond acceptors (Lipinski definition) is 3. The molecule has 0 saturated heterocycles. The molecule has 0 fully saturated rings.